The van der Waals surface area contributed by atoms with Crippen molar-refractivity contribution in [1.29, 1.82) is 0 Å². The van der Waals surface area contributed by atoms with Gasteiger partial charge in [-0.05, 0) is 19.8 Å². The lowest BCUT2D eigenvalue weighted by Crippen LogP contribution is -2.43. The second-order valence-corrected chi connectivity index (χ2v) is 3.14. The zero-order valence-corrected chi connectivity index (χ0v) is 7.76. The number of nitrogens with one attached hydrogen (secondary N) is 1. The zero-order valence-electron chi connectivity index (χ0n) is 7.76. The summed E-state index contributed by atoms with van der Waals surface area (Å²) in [5.41, 5.74) is 0. The van der Waals surface area contributed by atoms with E-state index in [1.165, 1.54) is 26.1 Å². The van der Waals surface area contributed by atoms with Gasteiger partial charge in [-0.3, -0.25) is 0 Å². The van der Waals surface area contributed by atoms with E-state index in [-0.39, 0.29) is 0 Å². The Labute approximate surface area is 75.6 Å². The molecular weight excluding hydrogens is 148 g/mol. The Morgan fingerprint density at radius 1 is 1.25 bits per heavy atom. The maximum Gasteiger partial charge on any atom is 0.0107 e. The van der Waals surface area contributed by atoms with E-state index in [9.17, 15) is 0 Å². The molecule has 1 saturated heterocycles. The smallest absolute Gasteiger partial charge is 0.0107 e. The maximum atomic E-state index is 3.76. The van der Waals surface area contributed by atoms with Crippen molar-refractivity contribution in [3.63, 3.8) is 0 Å². The summed E-state index contributed by atoms with van der Waals surface area (Å²) in [6, 6.07) is 0. The van der Waals surface area contributed by atoms with Crippen LogP contribution in [0.15, 0.2) is 12.2 Å². The van der Waals surface area contributed by atoms with Crippen molar-refractivity contribution < 1.29 is 0 Å². The molecule has 0 aliphatic carbocycles. The number of hydrogen-bond acceptors (Lipinski definition) is 2. The first-order valence-electron chi connectivity index (χ1n) is 4.81. The second-order valence-electron chi connectivity index (χ2n) is 3.14. The van der Waals surface area contributed by atoms with Gasteiger partial charge in [-0.15, -0.1) is 0 Å². The van der Waals surface area contributed by atoms with Crippen LogP contribution in [0.4, 0.5) is 0 Å². The summed E-state index contributed by atoms with van der Waals surface area (Å²) >= 11 is 0. The highest BCUT2D eigenvalue weighted by Crippen LogP contribution is 1.95. The SMILES string of the molecule is [CH2]C/C=C/CCN1CCNCC1. The summed E-state index contributed by atoms with van der Waals surface area (Å²) < 4.78 is 0. The quantitative estimate of drug-likeness (QED) is 0.630. The van der Waals surface area contributed by atoms with Gasteiger partial charge in [0.2, 0.25) is 0 Å². The average Bonchev–Trinajstić information content (AvgIpc) is 2.14. The van der Waals surface area contributed by atoms with Crippen LogP contribution in [-0.2, 0) is 0 Å². The van der Waals surface area contributed by atoms with Crippen molar-refractivity contribution in [2.45, 2.75) is 12.8 Å². The van der Waals surface area contributed by atoms with E-state index >= 15 is 0 Å². The molecule has 0 unspecified atom stereocenters. The highest BCUT2D eigenvalue weighted by atomic mass is 15.2. The van der Waals surface area contributed by atoms with Crippen LogP contribution >= 0.6 is 0 Å². The fourth-order valence-electron chi connectivity index (χ4n) is 1.43. The summed E-state index contributed by atoms with van der Waals surface area (Å²) in [6.45, 7) is 9.68. The van der Waals surface area contributed by atoms with Crippen LogP contribution in [0.2, 0.25) is 0 Å². The van der Waals surface area contributed by atoms with Gasteiger partial charge in [0.25, 0.3) is 0 Å². The lowest BCUT2D eigenvalue weighted by molar-refractivity contribution is 0.245. The Morgan fingerprint density at radius 2 is 2.00 bits per heavy atom. The molecule has 1 aliphatic rings. The summed E-state index contributed by atoms with van der Waals surface area (Å²) in [7, 11) is 0. The van der Waals surface area contributed by atoms with Gasteiger partial charge in [0.15, 0.2) is 0 Å². The molecule has 1 fully saturated rings. The van der Waals surface area contributed by atoms with Crippen molar-refractivity contribution in [3.05, 3.63) is 19.1 Å². The molecule has 0 atom stereocenters. The van der Waals surface area contributed by atoms with Gasteiger partial charge in [-0.25, -0.2) is 0 Å². The molecule has 69 valence electrons. The molecule has 2 nitrogen and oxygen atoms in total. The molecule has 0 spiro atoms. The first kappa shape index (κ1) is 9.75. The van der Waals surface area contributed by atoms with Crippen molar-refractivity contribution in [2.75, 3.05) is 32.7 Å². The molecule has 0 aromatic carbocycles. The predicted octanol–water partition coefficient (Wildman–Crippen LogP) is 1.06. The minimum Gasteiger partial charge on any atom is -0.314 e. The van der Waals surface area contributed by atoms with Crippen LogP contribution in [0.3, 0.4) is 0 Å². The van der Waals surface area contributed by atoms with Gasteiger partial charge in [0.1, 0.15) is 0 Å². The summed E-state index contributed by atoms with van der Waals surface area (Å²) in [5.74, 6) is 0. The number of nitrogens with zero attached hydrogens (tertiary/aromatic N) is 1. The molecule has 0 aromatic heterocycles. The van der Waals surface area contributed by atoms with Crippen molar-refractivity contribution in [1.82, 2.24) is 10.2 Å². The molecule has 0 aromatic rings. The predicted molar refractivity (Wildman–Crippen MR) is 53.0 cm³/mol. The van der Waals surface area contributed by atoms with E-state index in [1.807, 2.05) is 0 Å². The Balaban J connectivity index is 2.01. The van der Waals surface area contributed by atoms with Gasteiger partial charge < -0.3 is 10.2 Å². The highest BCUT2D eigenvalue weighted by Gasteiger charge is 2.06. The third-order valence-electron chi connectivity index (χ3n) is 2.15. The van der Waals surface area contributed by atoms with Gasteiger partial charge in [-0.2, -0.15) is 0 Å². The number of piperazine rings is 1. The first-order chi connectivity index (χ1) is 5.93. The average molecular weight is 167 g/mol. The van der Waals surface area contributed by atoms with Crippen molar-refractivity contribution >= 4 is 0 Å². The standard InChI is InChI=1S/C10H19N2/c1-2-3-4-5-8-12-9-6-11-7-10-12/h3-4,11H,1-2,5-10H2/b4-3+. The summed E-state index contributed by atoms with van der Waals surface area (Å²) in [4.78, 5) is 2.50. The third-order valence-corrected chi connectivity index (χ3v) is 2.15. The fourth-order valence-corrected chi connectivity index (χ4v) is 1.43. The topological polar surface area (TPSA) is 15.3 Å². The Morgan fingerprint density at radius 3 is 2.67 bits per heavy atom. The molecular formula is C10H19N2. The number of hydrogen-bond donors (Lipinski definition) is 1. The minimum atomic E-state index is 0.918. The molecule has 0 saturated carbocycles. The first-order valence-corrected chi connectivity index (χ1v) is 4.81. The monoisotopic (exact) mass is 167 g/mol. The molecule has 2 heteroatoms. The second kappa shape index (κ2) is 6.21. The van der Waals surface area contributed by atoms with Gasteiger partial charge >= 0.3 is 0 Å². The van der Waals surface area contributed by atoms with Crippen LogP contribution in [0, 0.1) is 6.92 Å². The van der Waals surface area contributed by atoms with Crippen LogP contribution in [0.5, 0.6) is 0 Å². The molecule has 1 heterocycles. The van der Waals surface area contributed by atoms with Crippen LogP contribution in [0.1, 0.15) is 12.8 Å². The highest BCUT2D eigenvalue weighted by molar-refractivity contribution is 4.83. The van der Waals surface area contributed by atoms with Crippen molar-refractivity contribution in [2.24, 2.45) is 0 Å². The summed E-state index contributed by atoms with van der Waals surface area (Å²) in [6.07, 6.45) is 6.47. The van der Waals surface area contributed by atoms with Crippen LogP contribution in [0.25, 0.3) is 0 Å². The molecule has 1 rings (SSSR count). The largest absolute Gasteiger partial charge is 0.314 e. The van der Waals surface area contributed by atoms with Gasteiger partial charge in [0.05, 0.1) is 0 Å². The maximum absolute atomic E-state index is 3.76. The van der Waals surface area contributed by atoms with Crippen LogP contribution < -0.4 is 5.32 Å². The molecule has 0 bridgehead atoms. The molecule has 12 heavy (non-hydrogen) atoms. The molecule has 1 radical (unpaired) electrons. The van der Waals surface area contributed by atoms with Crippen molar-refractivity contribution in [3.8, 4) is 0 Å². The number of rotatable bonds is 4. The number of allylic oxidation sites excluding steroid dienone is 1. The van der Waals surface area contributed by atoms with E-state index in [0.717, 1.165) is 19.5 Å². The Hall–Kier alpha value is -0.340. The minimum absolute atomic E-state index is 0.918. The lowest BCUT2D eigenvalue weighted by atomic mass is 10.3. The molecule has 0 amide bonds. The summed E-state index contributed by atoms with van der Waals surface area (Å²) in [5, 5.41) is 3.35. The van der Waals surface area contributed by atoms with E-state index in [1.54, 1.807) is 0 Å². The van der Waals surface area contributed by atoms with Crippen LogP contribution in [-0.4, -0.2) is 37.6 Å². The van der Waals surface area contributed by atoms with Gasteiger partial charge in [0, 0.05) is 32.7 Å². The normalized spacial score (nSPS) is 20.4. The third kappa shape index (κ3) is 3.88. The van der Waals surface area contributed by atoms with E-state index in [2.05, 4.69) is 29.3 Å². The molecule has 1 aliphatic heterocycles. The Bertz CT molecular complexity index is 126. The molecule has 1 N–H and O–H groups in total. The van der Waals surface area contributed by atoms with E-state index in [4.69, 9.17) is 0 Å². The van der Waals surface area contributed by atoms with Gasteiger partial charge in [-0.1, -0.05) is 12.2 Å². The Kier molecular flexibility index (Phi) is 5.04. The van der Waals surface area contributed by atoms with E-state index < -0.39 is 0 Å². The fraction of sp³-hybridized carbons (Fsp3) is 0.700. The lowest BCUT2D eigenvalue weighted by Gasteiger charge is -2.26. The van der Waals surface area contributed by atoms with E-state index in [0.29, 0.717) is 0 Å². The zero-order chi connectivity index (χ0) is 8.65.